The van der Waals surface area contributed by atoms with Gasteiger partial charge in [0.05, 0.1) is 13.0 Å². The molecule has 0 unspecified atom stereocenters. The van der Waals surface area contributed by atoms with E-state index < -0.39 is 5.97 Å². The van der Waals surface area contributed by atoms with Gasteiger partial charge in [0, 0.05) is 34.2 Å². The molecule has 0 amide bonds. The number of nitrogens with zero attached hydrogens (tertiary/aromatic N) is 1. The van der Waals surface area contributed by atoms with Crippen molar-refractivity contribution in [3.8, 4) is 11.5 Å². The van der Waals surface area contributed by atoms with Crippen molar-refractivity contribution in [3.63, 3.8) is 0 Å². The SMILES string of the molecule is CC(C)Cc1cccc(Cl)c1COc1ccc2c(c1)OCC21CCN(CCC(=O)O)CC1.Cl. The van der Waals surface area contributed by atoms with Gasteiger partial charge < -0.3 is 19.5 Å². The van der Waals surface area contributed by atoms with E-state index in [0.29, 0.717) is 25.7 Å². The zero-order chi connectivity index (χ0) is 22.7. The molecule has 0 aliphatic carbocycles. The molecule has 2 aliphatic rings. The molecule has 2 aromatic rings. The van der Waals surface area contributed by atoms with Gasteiger partial charge in [0.2, 0.25) is 0 Å². The maximum absolute atomic E-state index is 10.8. The van der Waals surface area contributed by atoms with Crippen LogP contribution in [0.15, 0.2) is 36.4 Å². The molecule has 2 aromatic carbocycles. The molecule has 0 bridgehead atoms. The number of carbonyl (C=O) groups is 1. The Hall–Kier alpha value is -1.95. The standard InChI is InChI=1S/C26H32ClNO4.ClH/c1-18(2)14-19-4-3-5-23(27)21(19)16-31-20-6-7-22-24(15-20)32-17-26(22)9-12-28(13-10-26)11-8-25(29)30;/h3-7,15,18H,8-14,16-17H2,1-2H3,(H,29,30);1H. The topological polar surface area (TPSA) is 59.0 Å². The molecule has 1 N–H and O–H groups in total. The number of halogens is 2. The van der Waals surface area contributed by atoms with Crippen molar-refractivity contribution < 1.29 is 19.4 Å². The summed E-state index contributed by atoms with van der Waals surface area (Å²) in [6.45, 7) is 7.95. The van der Waals surface area contributed by atoms with E-state index in [9.17, 15) is 4.79 Å². The normalized spacial score (nSPS) is 16.8. The van der Waals surface area contributed by atoms with Crippen molar-refractivity contribution in [2.24, 2.45) is 5.92 Å². The molecule has 1 fully saturated rings. The van der Waals surface area contributed by atoms with Crippen molar-refractivity contribution in [1.82, 2.24) is 4.90 Å². The minimum absolute atomic E-state index is 0. The minimum atomic E-state index is -0.736. The minimum Gasteiger partial charge on any atom is -0.492 e. The van der Waals surface area contributed by atoms with Crippen LogP contribution in [-0.4, -0.2) is 42.2 Å². The number of benzene rings is 2. The molecule has 0 radical (unpaired) electrons. The Labute approximate surface area is 207 Å². The Balaban J connectivity index is 0.00000306. The van der Waals surface area contributed by atoms with Crippen molar-refractivity contribution in [2.45, 2.75) is 51.6 Å². The van der Waals surface area contributed by atoms with Gasteiger partial charge in [-0.05, 0) is 56.0 Å². The average molecular weight is 494 g/mol. The van der Waals surface area contributed by atoms with Crippen molar-refractivity contribution in [2.75, 3.05) is 26.2 Å². The molecule has 2 heterocycles. The van der Waals surface area contributed by atoms with Gasteiger partial charge in [-0.1, -0.05) is 43.6 Å². The van der Waals surface area contributed by atoms with Gasteiger partial charge >= 0.3 is 5.97 Å². The predicted octanol–water partition coefficient (Wildman–Crippen LogP) is 5.74. The van der Waals surface area contributed by atoms with E-state index in [2.05, 4.69) is 30.9 Å². The van der Waals surface area contributed by atoms with Crippen LogP contribution >= 0.6 is 24.0 Å². The third kappa shape index (κ3) is 5.95. The lowest BCUT2D eigenvalue weighted by atomic mass is 9.74. The maximum atomic E-state index is 10.8. The molecular weight excluding hydrogens is 461 g/mol. The van der Waals surface area contributed by atoms with E-state index in [1.807, 2.05) is 24.3 Å². The second-order valence-electron chi connectivity index (χ2n) is 9.48. The Morgan fingerprint density at radius 1 is 1.24 bits per heavy atom. The molecule has 0 aromatic heterocycles. The van der Waals surface area contributed by atoms with Gasteiger partial charge in [0.25, 0.3) is 0 Å². The van der Waals surface area contributed by atoms with E-state index in [0.717, 1.165) is 54.4 Å². The number of aliphatic carboxylic acids is 1. The molecule has 0 atom stereocenters. The highest BCUT2D eigenvalue weighted by atomic mass is 35.5. The molecule has 33 heavy (non-hydrogen) atoms. The lowest BCUT2D eigenvalue weighted by Crippen LogP contribution is -2.44. The number of carboxylic acids is 1. The predicted molar refractivity (Wildman–Crippen MR) is 133 cm³/mol. The third-order valence-corrected chi connectivity index (χ3v) is 7.06. The lowest BCUT2D eigenvalue weighted by Gasteiger charge is -2.38. The molecule has 5 nitrogen and oxygen atoms in total. The first kappa shape index (κ1) is 25.7. The van der Waals surface area contributed by atoms with E-state index in [4.69, 9.17) is 26.2 Å². The summed E-state index contributed by atoms with van der Waals surface area (Å²) in [5.74, 6) is 1.51. The molecule has 7 heteroatoms. The number of fused-ring (bicyclic) bond motifs is 2. The summed E-state index contributed by atoms with van der Waals surface area (Å²) >= 11 is 6.48. The first-order valence-corrected chi connectivity index (χ1v) is 11.8. The van der Waals surface area contributed by atoms with Crippen LogP contribution in [0.5, 0.6) is 11.5 Å². The van der Waals surface area contributed by atoms with E-state index in [1.54, 1.807) is 0 Å². The number of carboxylic acid groups (broad SMARTS) is 1. The Bertz CT molecular complexity index is 971. The zero-order valence-corrected chi connectivity index (χ0v) is 20.9. The molecule has 0 saturated carbocycles. The molecule has 180 valence electrons. The van der Waals surface area contributed by atoms with Crippen LogP contribution in [0.1, 0.15) is 49.8 Å². The maximum Gasteiger partial charge on any atom is 0.304 e. The van der Waals surface area contributed by atoms with Gasteiger partial charge in [-0.15, -0.1) is 12.4 Å². The molecule has 1 saturated heterocycles. The number of hydrogen-bond donors (Lipinski definition) is 1. The van der Waals surface area contributed by atoms with Crippen LogP contribution in [-0.2, 0) is 23.2 Å². The van der Waals surface area contributed by atoms with Gasteiger partial charge in [-0.3, -0.25) is 4.79 Å². The summed E-state index contributed by atoms with van der Waals surface area (Å²) in [7, 11) is 0. The molecule has 4 rings (SSSR count). The van der Waals surface area contributed by atoms with Crippen LogP contribution in [0.3, 0.4) is 0 Å². The summed E-state index contributed by atoms with van der Waals surface area (Å²) in [5.41, 5.74) is 3.56. The fourth-order valence-electron chi connectivity index (χ4n) is 4.87. The van der Waals surface area contributed by atoms with Crippen LogP contribution in [0.2, 0.25) is 5.02 Å². The Morgan fingerprint density at radius 3 is 2.70 bits per heavy atom. The molecule has 2 aliphatic heterocycles. The summed E-state index contributed by atoms with van der Waals surface area (Å²) < 4.78 is 12.2. The first-order chi connectivity index (χ1) is 15.4. The monoisotopic (exact) mass is 493 g/mol. The highest BCUT2D eigenvalue weighted by Crippen LogP contribution is 2.46. The van der Waals surface area contributed by atoms with Crippen molar-refractivity contribution >= 4 is 30.0 Å². The van der Waals surface area contributed by atoms with Gasteiger partial charge in [0.1, 0.15) is 18.1 Å². The average Bonchev–Trinajstić information content (AvgIpc) is 3.10. The number of rotatable bonds is 8. The fourth-order valence-corrected chi connectivity index (χ4v) is 5.12. The highest BCUT2D eigenvalue weighted by molar-refractivity contribution is 6.31. The largest absolute Gasteiger partial charge is 0.492 e. The van der Waals surface area contributed by atoms with Crippen LogP contribution in [0.25, 0.3) is 0 Å². The van der Waals surface area contributed by atoms with Gasteiger partial charge in [-0.2, -0.15) is 0 Å². The van der Waals surface area contributed by atoms with Crippen molar-refractivity contribution in [3.05, 3.63) is 58.1 Å². The molecular formula is C26H33Cl2NO4. The number of piperidine rings is 1. The second-order valence-corrected chi connectivity index (χ2v) is 9.88. The van der Waals surface area contributed by atoms with E-state index >= 15 is 0 Å². The second kappa shape index (κ2) is 11.0. The first-order valence-electron chi connectivity index (χ1n) is 11.5. The van der Waals surface area contributed by atoms with E-state index in [-0.39, 0.29) is 24.2 Å². The number of hydrogen-bond acceptors (Lipinski definition) is 4. The Morgan fingerprint density at radius 2 is 2.00 bits per heavy atom. The number of ether oxygens (including phenoxy) is 2. The van der Waals surface area contributed by atoms with Crippen LogP contribution in [0.4, 0.5) is 0 Å². The molecule has 1 spiro atoms. The number of likely N-dealkylation sites (tertiary alicyclic amines) is 1. The smallest absolute Gasteiger partial charge is 0.304 e. The third-order valence-electron chi connectivity index (χ3n) is 6.71. The zero-order valence-electron chi connectivity index (χ0n) is 19.3. The van der Waals surface area contributed by atoms with Crippen molar-refractivity contribution in [1.29, 1.82) is 0 Å². The summed E-state index contributed by atoms with van der Waals surface area (Å²) in [6.07, 6.45) is 3.14. The van der Waals surface area contributed by atoms with Crippen LogP contribution < -0.4 is 9.47 Å². The summed E-state index contributed by atoms with van der Waals surface area (Å²) in [6, 6.07) is 12.2. The van der Waals surface area contributed by atoms with Gasteiger partial charge in [-0.25, -0.2) is 0 Å². The lowest BCUT2D eigenvalue weighted by molar-refractivity contribution is -0.137. The van der Waals surface area contributed by atoms with E-state index in [1.165, 1.54) is 11.1 Å². The fraction of sp³-hybridized carbons (Fsp3) is 0.500. The van der Waals surface area contributed by atoms with Gasteiger partial charge in [0.15, 0.2) is 0 Å². The Kier molecular flexibility index (Phi) is 8.54. The summed E-state index contributed by atoms with van der Waals surface area (Å²) in [4.78, 5) is 13.1. The summed E-state index contributed by atoms with van der Waals surface area (Å²) in [5, 5.41) is 9.67. The van der Waals surface area contributed by atoms with Crippen LogP contribution in [0, 0.1) is 5.92 Å². The highest BCUT2D eigenvalue weighted by Gasteiger charge is 2.43. The quantitative estimate of drug-likeness (QED) is 0.507.